The third kappa shape index (κ3) is 4.26. The van der Waals surface area contributed by atoms with E-state index >= 15 is 0 Å². The Morgan fingerprint density at radius 3 is 2.16 bits per heavy atom. The minimum absolute atomic E-state index is 0.0488. The highest BCUT2D eigenvalue weighted by molar-refractivity contribution is 8.45. The van der Waals surface area contributed by atoms with Crippen molar-refractivity contribution in [2.75, 3.05) is 5.32 Å². The summed E-state index contributed by atoms with van der Waals surface area (Å²) in [4.78, 5) is -2.01. The van der Waals surface area contributed by atoms with Gasteiger partial charge in [0, 0.05) is 16.9 Å². The molecule has 2 rings (SSSR count). The first kappa shape index (κ1) is 18.7. The summed E-state index contributed by atoms with van der Waals surface area (Å²) in [7, 11) is -9.74. The molecule has 0 atom stereocenters. The topological polar surface area (TPSA) is 79.9 Å². The molecule has 0 amide bonds. The van der Waals surface area contributed by atoms with Gasteiger partial charge >= 0.3 is 10.2 Å². The average molecular weight is 377 g/mol. The number of nitrogens with zero attached hydrogens (tertiary/aromatic N) is 1. The fourth-order valence-electron chi connectivity index (χ4n) is 2.14. The van der Waals surface area contributed by atoms with Crippen LogP contribution in [-0.2, 0) is 6.61 Å². The van der Waals surface area contributed by atoms with Crippen molar-refractivity contribution >= 4 is 27.3 Å². The Labute approximate surface area is 139 Å². The van der Waals surface area contributed by atoms with Crippen LogP contribution in [0.15, 0.2) is 47.4 Å². The molecule has 0 heterocycles. The highest BCUT2D eigenvalue weighted by Crippen LogP contribution is 3.02. The summed E-state index contributed by atoms with van der Waals surface area (Å²) in [6.07, 6.45) is 0. The molecule has 134 valence electrons. The van der Waals surface area contributed by atoms with Crippen molar-refractivity contribution in [3.63, 3.8) is 0 Å². The van der Waals surface area contributed by atoms with Crippen molar-refractivity contribution < 1.29 is 24.5 Å². The van der Waals surface area contributed by atoms with Gasteiger partial charge in [0.15, 0.2) is 0 Å². The Morgan fingerprint density at radius 2 is 1.68 bits per heavy atom. The van der Waals surface area contributed by atoms with Crippen LogP contribution < -0.4 is 5.32 Å². The molecule has 0 spiro atoms. The van der Waals surface area contributed by atoms with Crippen LogP contribution in [0.2, 0.25) is 0 Å². The molecule has 0 bridgehead atoms. The van der Waals surface area contributed by atoms with E-state index in [1.807, 2.05) is 0 Å². The van der Waals surface area contributed by atoms with Gasteiger partial charge in [0.25, 0.3) is 0 Å². The highest BCUT2D eigenvalue weighted by atomic mass is 32.5. The van der Waals surface area contributed by atoms with Gasteiger partial charge in [-0.3, -0.25) is 5.41 Å². The van der Waals surface area contributed by atoms with E-state index in [0.717, 1.165) is 12.1 Å². The zero-order chi connectivity index (χ0) is 18.9. The highest BCUT2D eigenvalue weighted by Gasteiger charge is 2.65. The molecule has 0 aromatic heterocycles. The number of hydrogen-bond donors (Lipinski definition) is 3. The molecule has 2 aromatic rings. The first-order valence-corrected chi connectivity index (χ1v) is 8.64. The lowest BCUT2D eigenvalue weighted by atomic mass is 10.0. The Morgan fingerprint density at radius 1 is 1.08 bits per heavy atom. The van der Waals surface area contributed by atoms with Gasteiger partial charge in [-0.1, -0.05) is 31.6 Å². The quantitative estimate of drug-likeness (QED) is 0.477. The number of nitrogens with one attached hydrogen (secondary N) is 2. The number of benzene rings is 2. The van der Waals surface area contributed by atoms with E-state index in [-0.39, 0.29) is 34.6 Å². The number of anilines is 2. The summed E-state index contributed by atoms with van der Waals surface area (Å²) in [6, 6.07) is 8.19. The number of halogens is 5. The van der Waals surface area contributed by atoms with Gasteiger partial charge in [0.05, 0.1) is 6.61 Å². The van der Waals surface area contributed by atoms with Crippen LogP contribution >= 0.6 is 10.2 Å². The molecule has 10 heteroatoms. The second-order valence-electron chi connectivity index (χ2n) is 5.10. The van der Waals surface area contributed by atoms with E-state index in [0.29, 0.717) is 0 Å². The van der Waals surface area contributed by atoms with Gasteiger partial charge < -0.3 is 10.4 Å². The van der Waals surface area contributed by atoms with Crippen LogP contribution in [0.1, 0.15) is 11.1 Å². The second kappa shape index (κ2) is 5.44. The number of hydrogen-bond acceptors (Lipinski definition) is 4. The third-order valence-electron chi connectivity index (χ3n) is 3.26. The van der Waals surface area contributed by atoms with Gasteiger partial charge in [-0.2, -0.15) is 5.26 Å². The molecule has 0 saturated carbocycles. The zero-order valence-electron chi connectivity index (χ0n) is 12.4. The van der Waals surface area contributed by atoms with Crippen molar-refractivity contribution in [2.24, 2.45) is 0 Å². The smallest absolute Gasteiger partial charge is 0.310 e. The van der Waals surface area contributed by atoms with E-state index in [9.17, 15) is 24.5 Å². The molecular weight excluding hydrogens is 365 g/mol. The third-order valence-corrected chi connectivity index (χ3v) is 4.42. The summed E-state index contributed by atoms with van der Waals surface area (Å²) in [5, 5.41) is 28.5. The number of nitriles is 1. The van der Waals surface area contributed by atoms with Gasteiger partial charge in [-0.25, -0.2) is 0 Å². The fraction of sp³-hybridized carbons (Fsp3) is 0.0667. The summed E-state index contributed by atoms with van der Waals surface area (Å²) < 4.78 is 63.5. The lowest BCUT2D eigenvalue weighted by Crippen LogP contribution is -2.07. The molecule has 0 saturated heterocycles. The standard InChI is InChI=1S/C15H12F5N3OS/c16-25(17,18,19,20)12-6-4-11(5-7-12)23-14-3-1-2-10(9-24)15(14)13(22)8-21/h1-7,22-24H,9H2. The Hall–Kier alpha value is -2.64. The zero-order valence-corrected chi connectivity index (χ0v) is 13.3. The van der Waals surface area contributed by atoms with Crippen molar-refractivity contribution in [1.82, 2.24) is 0 Å². The van der Waals surface area contributed by atoms with Crippen LogP contribution in [0.4, 0.5) is 30.8 Å². The first-order chi connectivity index (χ1) is 11.4. The van der Waals surface area contributed by atoms with Crippen LogP contribution in [0.25, 0.3) is 0 Å². The first-order valence-electron chi connectivity index (χ1n) is 6.68. The lowest BCUT2D eigenvalue weighted by molar-refractivity contribution is 0.281. The van der Waals surface area contributed by atoms with E-state index in [1.165, 1.54) is 18.2 Å². The minimum Gasteiger partial charge on any atom is -0.392 e. The molecule has 0 aliphatic carbocycles. The average Bonchev–Trinajstić information content (AvgIpc) is 2.52. The molecule has 0 aliphatic heterocycles. The maximum absolute atomic E-state index is 12.7. The molecule has 0 radical (unpaired) electrons. The van der Waals surface area contributed by atoms with Crippen molar-refractivity contribution in [1.29, 1.82) is 10.7 Å². The van der Waals surface area contributed by atoms with Gasteiger partial charge in [-0.15, -0.1) is 0 Å². The lowest BCUT2D eigenvalue weighted by Gasteiger charge is -2.40. The molecule has 0 unspecified atom stereocenters. The van der Waals surface area contributed by atoms with Crippen molar-refractivity contribution in [3.05, 3.63) is 53.6 Å². The van der Waals surface area contributed by atoms with Crippen LogP contribution in [0, 0.1) is 16.7 Å². The maximum Gasteiger partial charge on any atom is 0.310 e. The molecule has 0 aliphatic rings. The Kier molecular flexibility index (Phi) is 4.06. The number of aliphatic hydroxyl groups is 1. The molecular formula is C15H12F5N3OS. The molecule has 25 heavy (non-hydrogen) atoms. The van der Waals surface area contributed by atoms with Crippen LogP contribution in [0.3, 0.4) is 0 Å². The van der Waals surface area contributed by atoms with Crippen molar-refractivity contribution in [3.8, 4) is 6.07 Å². The number of aliphatic hydroxyl groups excluding tert-OH is 1. The van der Waals surface area contributed by atoms with Crippen LogP contribution in [0.5, 0.6) is 0 Å². The summed E-state index contributed by atoms with van der Waals surface area (Å²) in [6.45, 7) is -0.460. The molecule has 2 aromatic carbocycles. The van der Waals surface area contributed by atoms with Crippen LogP contribution in [-0.4, -0.2) is 10.8 Å². The van der Waals surface area contributed by atoms with Crippen molar-refractivity contribution in [2.45, 2.75) is 11.5 Å². The maximum atomic E-state index is 12.7. The Bertz CT molecular complexity index is 874. The second-order valence-corrected chi connectivity index (χ2v) is 7.51. The van der Waals surface area contributed by atoms with Gasteiger partial charge in [0.2, 0.25) is 0 Å². The molecule has 0 fully saturated rings. The predicted molar refractivity (Wildman–Crippen MR) is 85.9 cm³/mol. The van der Waals surface area contributed by atoms with Gasteiger partial charge in [0.1, 0.15) is 16.7 Å². The summed E-state index contributed by atoms with van der Waals surface area (Å²) in [5.74, 6) is 0. The van der Waals surface area contributed by atoms with E-state index in [2.05, 4.69) is 5.32 Å². The largest absolute Gasteiger partial charge is 0.392 e. The van der Waals surface area contributed by atoms with Gasteiger partial charge in [-0.05, 0) is 35.9 Å². The van der Waals surface area contributed by atoms with E-state index in [1.54, 1.807) is 6.07 Å². The monoisotopic (exact) mass is 377 g/mol. The minimum atomic E-state index is -9.74. The van der Waals surface area contributed by atoms with E-state index in [4.69, 9.17) is 10.7 Å². The van der Waals surface area contributed by atoms with E-state index < -0.39 is 27.4 Å². The molecule has 3 N–H and O–H groups in total. The fourth-order valence-corrected chi connectivity index (χ4v) is 2.79. The normalized spacial score (nSPS) is 14.1. The predicted octanol–water partition coefficient (Wildman–Crippen LogP) is 5.47. The Balaban J connectivity index is 2.43. The summed E-state index contributed by atoms with van der Waals surface area (Å²) in [5.41, 5.74) is 0.103. The SMILES string of the molecule is N#CC(=N)c1c(CO)cccc1Nc1ccc(S(F)(F)(F)(F)F)cc1. The number of rotatable bonds is 5. The molecule has 4 nitrogen and oxygen atoms in total. The summed E-state index contributed by atoms with van der Waals surface area (Å²) >= 11 is 0.